The van der Waals surface area contributed by atoms with E-state index < -0.39 is 6.04 Å². The molecule has 1 aliphatic heterocycles. The van der Waals surface area contributed by atoms with Gasteiger partial charge in [0.2, 0.25) is 11.8 Å². The predicted molar refractivity (Wildman–Crippen MR) is 176 cm³/mol. The van der Waals surface area contributed by atoms with E-state index in [1.165, 1.54) is 17.1 Å². The van der Waals surface area contributed by atoms with Crippen molar-refractivity contribution in [3.63, 3.8) is 0 Å². The molecular weight excluding hydrogens is 627 g/mol. The number of likely N-dealkylation sites (N-methyl/N-ethyl adjacent to an activating group) is 1. The lowest BCUT2D eigenvalue weighted by Crippen LogP contribution is -2.27. The van der Waals surface area contributed by atoms with E-state index in [0.717, 1.165) is 16.7 Å². The monoisotopic (exact) mass is 656 g/mol. The number of fused-ring (bicyclic) bond motifs is 4. The van der Waals surface area contributed by atoms with Crippen LogP contribution in [0.5, 0.6) is 0 Å². The second kappa shape index (κ2) is 13.2. The maximum atomic E-state index is 13.8. The molecule has 2 N–H and O–H groups in total. The van der Waals surface area contributed by atoms with E-state index in [2.05, 4.69) is 30.9 Å². The van der Waals surface area contributed by atoms with Crippen LogP contribution in [-0.2, 0) is 16.0 Å². The molecule has 11 nitrogen and oxygen atoms in total. The molecule has 46 heavy (non-hydrogen) atoms. The summed E-state index contributed by atoms with van der Waals surface area (Å²) in [4.78, 5) is 48.5. The zero-order chi connectivity index (χ0) is 32.4. The molecule has 0 spiro atoms. The van der Waals surface area contributed by atoms with Crippen LogP contribution in [0.25, 0.3) is 28.1 Å². The lowest BCUT2D eigenvalue weighted by molar-refractivity contribution is -0.120. The lowest BCUT2D eigenvalue weighted by Gasteiger charge is -2.23. The van der Waals surface area contributed by atoms with Gasteiger partial charge in [-0.15, -0.1) is 5.10 Å². The summed E-state index contributed by atoms with van der Waals surface area (Å²) in [5.41, 5.74) is 4.98. The fourth-order valence-electron chi connectivity index (χ4n) is 5.62. The van der Waals surface area contributed by atoms with Gasteiger partial charge in [-0.25, -0.2) is 9.67 Å². The van der Waals surface area contributed by atoms with Crippen molar-refractivity contribution in [1.29, 1.82) is 0 Å². The van der Waals surface area contributed by atoms with E-state index in [9.17, 15) is 14.4 Å². The van der Waals surface area contributed by atoms with Crippen molar-refractivity contribution in [3.05, 3.63) is 105 Å². The average Bonchev–Trinajstić information content (AvgIpc) is 3.49. The molecule has 3 aromatic heterocycles. The molecule has 0 unspecified atom stereocenters. The van der Waals surface area contributed by atoms with E-state index in [-0.39, 0.29) is 34.9 Å². The molecule has 4 heterocycles. The van der Waals surface area contributed by atoms with Crippen LogP contribution in [-0.4, -0.2) is 48.4 Å². The molecule has 13 heteroatoms. The van der Waals surface area contributed by atoms with E-state index in [1.807, 2.05) is 37.3 Å². The Hall–Kier alpha value is -4.87. The number of amides is 2. The number of halogens is 2. The third kappa shape index (κ3) is 6.56. The Kier molecular flexibility index (Phi) is 8.96. The Labute approximate surface area is 274 Å². The number of rotatable bonds is 5. The largest absolute Gasteiger partial charge is 0.359 e. The number of carbonyl (C=O) groups is 2. The van der Waals surface area contributed by atoms with Gasteiger partial charge in [0, 0.05) is 47.1 Å². The fourth-order valence-corrected chi connectivity index (χ4v) is 5.92. The highest BCUT2D eigenvalue weighted by Gasteiger charge is 2.23. The third-order valence-electron chi connectivity index (χ3n) is 8.10. The summed E-state index contributed by atoms with van der Waals surface area (Å²) >= 11 is 12.3. The molecule has 2 amide bonds. The standard InChI is InChI=1S/C33H30Cl2N8O3/c1-19-4-3-5-29(27-14-21(10-11-37-27)23-12-20(13-31(44)36-2)6-8-25(23)39-33(19)46)42-18-38-26(16-32(42)45)24-15-22(34)7-9-28(24)43-17-30(35)40-41-43/h6-12,14-19,29H,3-5,13H2,1-2H3,(H,36,44)(H,39,46)/t19-,29+/m1/s1. The maximum absolute atomic E-state index is 13.8. The molecule has 0 fully saturated rings. The molecule has 0 radical (unpaired) electrons. The van der Waals surface area contributed by atoms with Gasteiger partial charge in [-0.2, -0.15) is 0 Å². The van der Waals surface area contributed by atoms with Crippen LogP contribution in [0.3, 0.4) is 0 Å². The number of nitrogens with zero attached hydrogens (tertiary/aromatic N) is 6. The SMILES string of the molecule is CNC(=O)Cc1ccc2c(c1)-c1ccnc(c1)[C@@H](n1cnc(-c3cc(Cl)ccc3-n3cc(Cl)nn3)cc1=O)CCC[C@@H](C)C(=O)N2. The highest BCUT2D eigenvalue weighted by atomic mass is 35.5. The van der Waals surface area contributed by atoms with Gasteiger partial charge in [0.1, 0.15) is 0 Å². The van der Waals surface area contributed by atoms with Crippen molar-refractivity contribution >= 4 is 40.7 Å². The lowest BCUT2D eigenvalue weighted by atomic mass is 9.94. The minimum atomic E-state index is -0.450. The Morgan fingerprint density at radius 3 is 2.63 bits per heavy atom. The first-order valence-electron chi connectivity index (χ1n) is 14.8. The maximum Gasteiger partial charge on any atom is 0.254 e. The van der Waals surface area contributed by atoms with Crippen LogP contribution in [0, 0.1) is 5.92 Å². The number of benzene rings is 2. The predicted octanol–water partition coefficient (Wildman–Crippen LogP) is 5.50. The molecule has 1 aliphatic rings. The Bertz CT molecular complexity index is 2010. The topological polar surface area (TPSA) is 137 Å². The van der Waals surface area contributed by atoms with Gasteiger partial charge in [0.25, 0.3) is 5.56 Å². The molecule has 2 aromatic carbocycles. The molecule has 234 valence electrons. The zero-order valence-corrected chi connectivity index (χ0v) is 26.6. The van der Waals surface area contributed by atoms with Gasteiger partial charge in [-0.3, -0.25) is 23.9 Å². The highest BCUT2D eigenvalue weighted by Crippen LogP contribution is 2.34. The van der Waals surface area contributed by atoms with Crippen molar-refractivity contribution in [1.82, 2.24) is 34.8 Å². The van der Waals surface area contributed by atoms with Crippen LogP contribution in [0.15, 0.2) is 78.1 Å². The number of aromatic nitrogens is 6. The Morgan fingerprint density at radius 1 is 1.02 bits per heavy atom. The van der Waals surface area contributed by atoms with Gasteiger partial charge in [-0.05, 0) is 66.4 Å². The van der Waals surface area contributed by atoms with Crippen LogP contribution < -0.4 is 16.2 Å². The highest BCUT2D eigenvalue weighted by molar-refractivity contribution is 6.31. The smallest absolute Gasteiger partial charge is 0.254 e. The summed E-state index contributed by atoms with van der Waals surface area (Å²) in [6.45, 7) is 1.89. The molecule has 2 atom stereocenters. The van der Waals surface area contributed by atoms with Crippen LogP contribution in [0.1, 0.15) is 43.5 Å². The number of nitrogens with one attached hydrogen (secondary N) is 2. The second-order valence-electron chi connectivity index (χ2n) is 11.2. The van der Waals surface area contributed by atoms with Crippen molar-refractivity contribution in [2.24, 2.45) is 5.92 Å². The molecule has 5 aromatic rings. The van der Waals surface area contributed by atoms with Crippen LogP contribution in [0.4, 0.5) is 5.69 Å². The minimum absolute atomic E-state index is 0.0964. The van der Waals surface area contributed by atoms with Gasteiger partial charge >= 0.3 is 0 Å². The van der Waals surface area contributed by atoms with E-state index in [0.29, 0.717) is 52.6 Å². The quantitative estimate of drug-likeness (QED) is 0.255. The van der Waals surface area contributed by atoms with E-state index in [4.69, 9.17) is 23.2 Å². The summed E-state index contributed by atoms with van der Waals surface area (Å²) in [5.74, 6) is -0.485. The van der Waals surface area contributed by atoms with Gasteiger partial charge in [-0.1, -0.05) is 47.8 Å². The van der Waals surface area contributed by atoms with Crippen molar-refractivity contribution in [2.45, 2.75) is 38.6 Å². The molecule has 0 saturated heterocycles. The number of carbonyl (C=O) groups excluding carboxylic acids is 2. The number of anilines is 1. The van der Waals surface area contributed by atoms with Crippen LogP contribution >= 0.6 is 23.2 Å². The summed E-state index contributed by atoms with van der Waals surface area (Å²) in [6.07, 6.45) is 6.80. The van der Waals surface area contributed by atoms with E-state index >= 15 is 0 Å². The normalized spacial score (nSPS) is 16.5. The third-order valence-corrected chi connectivity index (χ3v) is 8.51. The Morgan fingerprint density at radius 2 is 1.87 bits per heavy atom. The summed E-state index contributed by atoms with van der Waals surface area (Å²) in [7, 11) is 1.59. The van der Waals surface area contributed by atoms with Gasteiger partial charge in [0.05, 0.1) is 42.1 Å². The Balaban J connectivity index is 1.43. The first-order valence-corrected chi connectivity index (χ1v) is 15.5. The van der Waals surface area contributed by atoms with Gasteiger partial charge in [0.15, 0.2) is 5.15 Å². The van der Waals surface area contributed by atoms with E-state index in [1.54, 1.807) is 42.2 Å². The number of hydrogen-bond acceptors (Lipinski definition) is 7. The first kappa shape index (κ1) is 31.1. The molecule has 2 bridgehead atoms. The molecular formula is C33H30Cl2N8O3. The fraction of sp³-hybridized carbons (Fsp3) is 0.242. The minimum Gasteiger partial charge on any atom is -0.359 e. The summed E-state index contributed by atoms with van der Waals surface area (Å²) in [5, 5.41) is 14.3. The van der Waals surface area contributed by atoms with Crippen molar-refractivity contribution in [3.8, 4) is 28.1 Å². The second-order valence-corrected chi connectivity index (χ2v) is 12.0. The molecule has 0 saturated carbocycles. The van der Waals surface area contributed by atoms with Crippen LogP contribution in [0.2, 0.25) is 10.2 Å². The molecule has 6 rings (SSSR count). The zero-order valence-electron chi connectivity index (χ0n) is 25.1. The summed E-state index contributed by atoms with van der Waals surface area (Å²) in [6, 6.07) is 15.5. The van der Waals surface area contributed by atoms with Gasteiger partial charge < -0.3 is 10.6 Å². The first-order chi connectivity index (χ1) is 22.2. The number of hydrogen-bond donors (Lipinski definition) is 2. The molecule has 0 aliphatic carbocycles. The average molecular weight is 658 g/mol. The van der Waals surface area contributed by atoms with Crippen molar-refractivity contribution in [2.75, 3.05) is 12.4 Å². The van der Waals surface area contributed by atoms with Crippen molar-refractivity contribution < 1.29 is 9.59 Å². The number of pyridine rings is 1. The summed E-state index contributed by atoms with van der Waals surface area (Å²) < 4.78 is 3.07.